The van der Waals surface area contributed by atoms with Crippen LogP contribution in [0.3, 0.4) is 0 Å². The molecule has 1 aromatic carbocycles. The van der Waals surface area contributed by atoms with Crippen molar-refractivity contribution in [3.8, 4) is 0 Å². The van der Waals surface area contributed by atoms with E-state index in [1.165, 1.54) is 24.8 Å². The quantitative estimate of drug-likeness (QED) is 0.710. The molecule has 0 fully saturated rings. The summed E-state index contributed by atoms with van der Waals surface area (Å²) in [5, 5.41) is 3.53. The Morgan fingerprint density at radius 2 is 2.00 bits per heavy atom. The normalized spacial score (nSPS) is 12.6. The van der Waals surface area contributed by atoms with E-state index in [9.17, 15) is 0 Å². The van der Waals surface area contributed by atoms with Crippen molar-refractivity contribution in [2.45, 2.75) is 38.6 Å². The smallest absolute Gasteiger partial charge is 0.0615 e. The van der Waals surface area contributed by atoms with E-state index in [1.807, 2.05) is 0 Å². The summed E-state index contributed by atoms with van der Waals surface area (Å²) < 4.78 is 5.24. The van der Waals surface area contributed by atoms with Crippen LogP contribution in [0.5, 0.6) is 0 Å². The SMILES string of the molecule is CCCNC(CCCc1ccccc1)COC. The summed E-state index contributed by atoms with van der Waals surface area (Å²) in [7, 11) is 1.78. The Morgan fingerprint density at radius 3 is 2.65 bits per heavy atom. The molecule has 0 saturated carbocycles. The molecule has 1 atom stereocenters. The van der Waals surface area contributed by atoms with Crippen LogP contribution in [0.2, 0.25) is 0 Å². The number of aryl methyl sites for hydroxylation is 1. The Balaban J connectivity index is 2.22. The highest BCUT2D eigenvalue weighted by molar-refractivity contribution is 5.14. The molecular weight excluding hydrogens is 210 g/mol. The molecule has 1 rings (SSSR count). The molecule has 96 valence electrons. The molecule has 0 spiro atoms. The van der Waals surface area contributed by atoms with Gasteiger partial charge in [0.1, 0.15) is 0 Å². The number of hydrogen-bond donors (Lipinski definition) is 1. The van der Waals surface area contributed by atoms with Crippen molar-refractivity contribution < 1.29 is 4.74 Å². The number of methoxy groups -OCH3 is 1. The number of nitrogens with one attached hydrogen (secondary N) is 1. The minimum absolute atomic E-state index is 0.503. The fraction of sp³-hybridized carbons (Fsp3) is 0.600. The number of ether oxygens (including phenoxy) is 1. The lowest BCUT2D eigenvalue weighted by Gasteiger charge is -2.17. The maximum Gasteiger partial charge on any atom is 0.0615 e. The first-order chi connectivity index (χ1) is 8.36. The fourth-order valence-electron chi connectivity index (χ4n) is 1.99. The Kier molecular flexibility index (Phi) is 7.69. The summed E-state index contributed by atoms with van der Waals surface area (Å²) in [6.45, 7) is 4.09. The van der Waals surface area contributed by atoms with Crippen molar-refractivity contribution in [2.24, 2.45) is 0 Å². The summed E-state index contributed by atoms with van der Waals surface area (Å²) in [4.78, 5) is 0. The van der Waals surface area contributed by atoms with Gasteiger partial charge in [0.2, 0.25) is 0 Å². The van der Waals surface area contributed by atoms with Crippen molar-refractivity contribution in [1.29, 1.82) is 0 Å². The maximum atomic E-state index is 5.24. The minimum Gasteiger partial charge on any atom is -0.383 e. The van der Waals surface area contributed by atoms with E-state index >= 15 is 0 Å². The van der Waals surface area contributed by atoms with Gasteiger partial charge in [0.15, 0.2) is 0 Å². The summed E-state index contributed by atoms with van der Waals surface area (Å²) in [6.07, 6.45) is 4.74. The van der Waals surface area contributed by atoms with Gasteiger partial charge in [-0.2, -0.15) is 0 Å². The largest absolute Gasteiger partial charge is 0.383 e. The molecule has 0 aromatic heterocycles. The number of rotatable bonds is 9. The van der Waals surface area contributed by atoms with Gasteiger partial charge in [0, 0.05) is 13.2 Å². The summed E-state index contributed by atoms with van der Waals surface area (Å²) in [5.74, 6) is 0. The molecule has 1 aromatic rings. The van der Waals surface area contributed by atoms with E-state index in [2.05, 4.69) is 42.6 Å². The van der Waals surface area contributed by atoms with Gasteiger partial charge in [-0.3, -0.25) is 0 Å². The fourth-order valence-corrected chi connectivity index (χ4v) is 1.99. The predicted octanol–water partition coefficient (Wildman–Crippen LogP) is 3.02. The lowest BCUT2D eigenvalue weighted by molar-refractivity contribution is 0.161. The van der Waals surface area contributed by atoms with Gasteiger partial charge in [0.05, 0.1) is 6.61 Å². The second-order valence-corrected chi connectivity index (χ2v) is 4.48. The number of benzene rings is 1. The lowest BCUT2D eigenvalue weighted by Crippen LogP contribution is -2.33. The average molecular weight is 235 g/mol. The van der Waals surface area contributed by atoms with Crippen LogP contribution >= 0.6 is 0 Å². The van der Waals surface area contributed by atoms with Crippen LogP contribution in [0, 0.1) is 0 Å². The lowest BCUT2D eigenvalue weighted by atomic mass is 10.0. The first-order valence-corrected chi connectivity index (χ1v) is 6.63. The van der Waals surface area contributed by atoms with Gasteiger partial charge >= 0.3 is 0 Å². The van der Waals surface area contributed by atoms with Crippen molar-refractivity contribution >= 4 is 0 Å². The third kappa shape index (κ3) is 6.44. The second kappa shape index (κ2) is 9.20. The zero-order valence-corrected chi connectivity index (χ0v) is 11.1. The molecular formula is C15H25NO. The molecule has 0 amide bonds. The molecule has 2 nitrogen and oxygen atoms in total. The first kappa shape index (κ1) is 14.2. The van der Waals surface area contributed by atoms with Gasteiger partial charge in [-0.15, -0.1) is 0 Å². The third-order valence-corrected chi connectivity index (χ3v) is 2.91. The molecule has 0 radical (unpaired) electrons. The molecule has 0 bridgehead atoms. The van der Waals surface area contributed by atoms with Crippen LogP contribution in [0.4, 0.5) is 0 Å². The maximum absolute atomic E-state index is 5.24. The van der Waals surface area contributed by atoms with E-state index < -0.39 is 0 Å². The van der Waals surface area contributed by atoms with E-state index in [4.69, 9.17) is 4.74 Å². The topological polar surface area (TPSA) is 21.3 Å². The molecule has 17 heavy (non-hydrogen) atoms. The van der Waals surface area contributed by atoms with Gasteiger partial charge in [-0.1, -0.05) is 37.3 Å². The van der Waals surface area contributed by atoms with Gasteiger partial charge < -0.3 is 10.1 Å². The van der Waals surface area contributed by atoms with Gasteiger partial charge in [-0.05, 0) is 37.8 Å². The van der Waals surface area contributed by atoms with Gasteiger partial charge in [0.25, 0.3) is 0 Å². The van der Waals surface area contributed by atoms with E-state index in [0.29, 0.717) is 6.04 Å². The van der Waals surface area contributed by atoms with Crippen LogP contribution in [-0.4, -0.2) is 26.3 Å². The van der Waals surface area contributed by atoms with Crippen LogP contribution in [0.15, 0.2) is 30.3 Å². The van der Waals surface area contributed by atoms with Crippen LogP contribution in [-0.2, 0) is 11.2 Å². The van der Waals surface area contributed by atoms with E-state index in [1.54, 1.807) is 7.11 Å². The van der Waals surface area contributed by atoms with Crippen molar-refractivity contribution in [1.82, 2.24) is 5.32 Å². The molecule has 0 heterocycles. The Labute approximate surface area is 105 Å². The Hall–Kier alpha value is -0.860. The summed E-state index contributed by atoms with van der Waals surface area (Å²) in [5.41, 5.74) is 1.43. The van der Waals surface area contributed by atoms with E-state index in [0.717, 1.165) is 19.6 Å². The summed E-state index contributed by atoms with van der Waals surface area (Å²) >= 11 is 0. The zero-order chi connectivity index (χ0) is 12.3. The zero-order valence-electron chi connectivity index (χ0n) is 11.1. The average Bonchev–Trinajstić information content (AvgIpc) is 2.37. The number of hydrogen-bond acceptors (Lipinski definition) is 2. The Morgan fingerprint density at radius 1 is 1.24 bits per heavy atom. The summed E-state index contributed by atoms with van der Waals surface area (Å²) in [6, 6.07) is 11.2. The van der Waals surface area contributed by atoms with Crippen LogP contribution in [0.1, 0.15) is 31.7 Å². The highest BCUT2D eigenvalue weighted by atomic mass is 16.5. The van der Waals surface area contributed by atoms with Crippen LogP contribution in [0.25, 0.3) is 0 Å². The van der Waals surface area contributed by atoms with E-state index in [-0.39, 0.29) is 0 Å². The van der Waals surface area contributed by atoms with Crippen molar-refractivity contribution in [3.63, 3.8) is 0 Å². The second-order valence-electron chi connectivity index (χ2n) is 4.48. The molecule has 0 aliphatic carbocycles. The third-order valence-electron chi connectivity index (χ3n) is 2.91. The molecule has 0 aliphatic rings. The molecule has 0 saturated heterocycles. The molecule has 2 heteroatoms. The van der Waals surface area contributed by atoms with Crippen molar-refractivity contribution in [2.75, 3.05) is 20.3 Å². The molecule has 1 unspecified atom stereocenters. The molecule has 0 aliphatic heterocycles. The Bertz CT molecular complexity index is 274. The van der Waals surface area contributed by atoms with Crippen LogP contribution < -0.4 is 5.32 Å². The highest BCUT2D eigenvalue weighted by Gasteiger charge is 2.06. The standard InChI is InChI=1S/C15H25NO/c1-3-12-16-15(13-17-2)11-7-10-14-8-5-4-6-9-14/h4-6,8-9,15-16H,3,7,10-13H2,1-2H3. The monoisotopic (exact) mass is 235 g/mol. The highest BCUT2D eigenvalue weighted by Crippen LogP contribution is 2.07. The first-order valence-electron chi connectivity index (χ1n) is 6.63. The molecule has 1 N–H and O–H groups in total. The minimum atomic E-state index is 0.503. The van der Waals surface area contributed by atoms with Crippen molar-refractivity contribution in [3.05, 3.63) is 35.9 Å². The van der Waals surface area contributed by atoms with Gasteiger partial charge in [-0.25, -0.2) is 0 Å². The predicted molar refractivity (Wildman–Crippen MR) is 73.3 cm³/mol.